The van der Waals surface area contributed by atoms with Crippen molar-refractivity contribution >= 4 is 17.9 Å². The van der Waals surface area contributed by atoms with E-state index in [2.05, 4.69) is 81.5 Å². The van der Waals surface area contributed by atoms with E-state index in [1.165, 1.54) is 244 Å². The summed E-state index contributed by atoms with van der Waals surface area (Å²) in [4.78, 5) is 38.5. The van der Waals surface area contributed by atoms with E-state index in [4.69, 9.17) is 14.2 Å². The van der Waals surface area contributed by atoms with Crippen molar-refractivity contribution in [1.82, 2.24) is 0 Å². The zero-order valence-corrected chi connectivity index (χ0v) is 53.6. The van der Waals surface area contributed by atoms with Gasteiger partial charge in [-0.3, -0.25) is 14.4 Å². The van der Waals surface area contributed by atoms with Crippen LogP contribution in [0.1, 0.15) is 374 Å². The number of hydrogen-bond acceptors (Lipinski definition) is 6. The fourth-order valence-corrected chi connectivity index (χ4v) is 10.4. The van der Waals surface area contributed by atoms with Crippen molar-refractivity contribution in [3.05, 3.63) is 60.8 Å². The Balaban J connectivity index is 4.35. The molecule has 0 spiro atoms. The Morgan fingerprint density at radius 3 is 0.725 bits per heavy atom. The van der Waals surface area contributed by atoms with Gasteiger partial charge >= 0.3 is 17.9 Å². The maximum atomic E-state index is 13.0. The molecule has 466 valence electrons. The van der Waals surface area contributed by atoms with Gasteiger partial charge in [0, 0.05) is 19.3 Å². The van der Waals surface area contributed by atoms with Crippen LogP contribution in [0, 0.1) is 0 Å². The fourth-order valence-electron chi connectivity index (χ4n) is 10.4. The number of rotatable bonds is 65. The van der Waals surface area contributed by atoms with Crippen LogP contribution in [0.15, 0.2) is 60.8 Å². The Bertz CT molecular complexity index is 1430. The lowest BCUT2D eigenvalue weighted by Crippen LogP contribution is -2.30. The van der Waals surface area contributed by atoms with Crippen molar-refractivity contribution < 1.29 is 28.6 Å². The van der Waals surface area contributed by atoms with E-state index in [0.717, 1.165) is 89.9 Å². The van der Waals surface area contributed by atoms with Crippen molar-refractivity contribution in [2.45, 2.75) is 380 Å². The molecule has 0 radical (unpaired) electrons. The van der Waals surface area contributed by atoms with Crippen molar-refractivity contribution in [3.8, 4) is 0 Å². The summed E-state index contributed by atoms with van der Waals surface area (Å²) in [6, 6.07) is 0. The maximum absolute atomic E-state index is 13.0. The van der Waals surface area contributed by atoms with Gasteiger partial charge in [-0.25, -0.2) is 0 Å². The number of allylic oxidation sites excluding steroid dienone is 10. The molecular weight excluding hydrogens is 985 g/mol. The average molecular weight is 1120 g/mol. The zero-order chi connectivity index (χ0) is 57.8. The molecule has 6 heteroatoms. The van der Waals surface area contributed by atoms with Gasteiger partial charge in [-0.15, -0.1) is 0 Å². The quantitative estimate of drug-likeness (QED) is 0.0261. The molecule has 0 rings (SSSR count). The molecule has 0 saturated carbocycles. The number of carbonyl (C=O) groups excluding carboxylic acids is 3. The fraction of sp³-hybridized carbons (Fsp3) is 0.824. The zero-order valence-electron chi connectivity index (χ0n) is 53.6. The molecule has 1 unspecified atom stereocenters. The third kappa shape index (κ3) is 65.9. The first-order valence-electron chi connectivity index (χ1n) is 35.3. The molecule has 0 aliphatic rings. The number of ether oxygens (including phenoxy) is 3. The summed E-state index contributed by atoms with van der Waals surface area (Å²) in [5, 5.41) is 0. The van der Waals surface area contributed by atoms with Crippen LogP contribution in [-0.2, 0) is 28.6 Å². The minimum absolute atomic E-state index is 0.0774. The highest BCUT2D eigenvalue weighted by Crippen LogP contribution is 2.18. The van der Waals surface area contributed by atoms with E-state index in [9.17, 15) is 14.4 Å². The molecule has 6 nitrogen and oxygen atoms in total. The topological polar surface area (TPSA) is 78.9 Å². The summed E-state index contributed by atoms with van der Waals surface area (Å²) < 4.78 is 17.0. The first-order chi connectivity index (χ1) is 39.5. The SMILES string of the molecule is CCCCC/C=C\C/C=C\CCCCCCCCCC(=O)OCC(COC(=O)CCCCCCCCCC/C=C\C/C=C\C/C=C\CCCCCCC)OC(=O)CCCCCCCCCCCCCCCCCCCCCCCC. The normalized spacial score (nSPS) is 12.4. The molecular formula is C74H134O6. The Morgan fingerprint density at radius 1 is 0.250 bits per heavy atom. The molecule has 0 aliphatic carbocycles. The third-order valence-electron chi connectivity index (χ3n) is 15.7. The summed E-state index contributed by atoms with van der Waals surface area (Å²) in [5.41, 5.74) is 0. The number of unbranched alkanes of at least 4 members (excludes halogenated alkanes) is 44. The molecule has 1 atom stereocenters. The summed E-state index contributed by atoms with van der Waals surface area (Å²) in [6.45, 7) is 6.66. The highest BCUT2D eigenvalue weighted by Gasteiger charge is 2.19. The minimum atomic E-state index is -0.781. The van der Waals surface area contributed by atoms with Gasteiger partial charge in [-0.05, 0) is 89.9 Å². The largest absolute Gasteiger partial charge is 0.462 e. The first-order valence-corrected chi connectivity index (χ1v) is 35.3. The molecule has 0 saturated heterocycles. The smallest absolute Gasteiger partial charge is 0.306 e. The van der Waals surface area contributed by atoms with E-state index in [1.54, 1.807) is 0 Å². The molecule has 0 aliphatic heterocycles. The second kappa shape index (κ2) is 68.6. The molecule has 0 heterocycles. The number of hydrogen-bond donors (Lipinski definition) is 0. The second-order valence-corrected chi connectivity index (χ2v) is 23.8. The van der Waals surface area contributed by atoms with Crippen molar-refractivity contribution in [2.24, 2.45) is 0 Å². The Kier molecular flexibility index (Phi) is 66.1. The van der Waals surface area contributed by atoms with E-state index in [1.807, 2.05) is 0 Å². The molecule has 0 aromatic carbocycles. The van der Waals surface area contributed by atoms with Gasteiger partial charge in [-0.2, -0.15) is 0 Å². The van der Waals surface area contributed by atoms with Crippen molar-refractivity contribution in [2.75, 3.05) is 13.2 Å². The van der Waals surface area contributed by atoms with Crippen LogP contribution < -0.4 is 0 Å². The highest BCUT2D eigenvalue weighted by atomic mass is 16.6. The van der Waals surface area contributed by atoms with Gasteiger partial charge in [0.15, 0.2) is 6.10 Å². The van der Waals surface area contributed by atoms with Crippen LogP contribution in [0.2, 0.25) is 0 Å². The van der Waals surface area contributed by atoms with Crippen LogP contribution >= 0.6 is 0 Å². The Labute approximate surface area is 498 Å². The lowest BCUT2D eigenvalue weighted by atomic mass is 10.0. The van der Waals surface area contributed by atoms with E-state index in [0.29, 0.717) is 19.3 Å². The van der Waals surface area contributed by atoms with Crippen LogP contribution in [0.3, 0.4) is 0 Å². The summed E-state index contributed by atoms with van der Waals surface area (Å²) >= 11 is 0. The predicted octanol–water partition coefficient (Wildman–Crippen LogP) is 24.3. The standard InChI is InChI=1S/C74H134O6/c1-4-7-10-13-16-19-22-25-28-31-33-35-37-39-40-43-46-49-52-55-58-61-64-67-73(76)79-70-71(69-78-72(75)66-63-60-57-54-51-48-45-42-30-27-24-21-18-15-12-9-6-3)80-74(77)68-65-62-59-56-53-50-47-44-41-38-36-34-32-29-26-23-20-17-14-11-8-5-2/h18,21-22,25,27,30-31,33,37,39,71H,4-17,19-20,23-24,26,28-29,32,34-36,38,40-70H2,1-3H3/b21-18-,25-22-,30-27-,33-31-,39-37-. The molecule has 0 bridgehead atoms. The van der Waals surface area contributed by atoms with Crippen molar-refractivity contribution in [3.63, 3.8) is 0 Å². The lowest BCUT2D eigenvalue weighted by Gasteiger charge is -2.18. The predicted molar refractivity (Wildman–Crippen MR) is 348 cm³/mol. The van der Waals surface area contributed by atoms with Gasteiger partial charge in [0.05, 0.1) is 0 Å². The monoisotopic (exact) mass is 1120 g/mol. The second-order valence-electron chi connectivity index (χ2n) is 23.8. The van der Waals surface area contributed by atoms with Gasteiger partial charge in [-0.1, -0.05) is 326 Å². The molecule has 0 amide bonds. The highest BCUT2D eigenvalue weighted by molar-refractivity contribution is 5.71. The van der Waals surface area contributed by atoms with Crippen LogP contribution in [-0.4, -0.2) is 37.2 Å². The molecule has 0 aromatic heterocycles. The minimum Gasteiger partial charge on any atom is -0.462 e. The van der Waals surface area contributed by atoms with Gasteiger partial charge < -0.3 is 14.2 Å². The maximum Gasteiger partial charge on any atom is 0.306 e. The van der Waals surface area contributed by atoms with Crippen molar-refractivity contribution in [1.29, 1.82) is 0 Å². The van der Waals surface area contributed by atoms with Gasteiger partial charge in [0.25, 0.3) is 0 Å². The van der Waals surface area contributed by atoms with Crippen LogP contribution in [0.5, 0.6) is 0 Å². The summed E-state index contributed by atoms with van der Waals surface area (Å²) in [5.74, 6) is -0.867. The molecule has 80 heavy (non-hydrogen) atoms. The molecule has 0 aromatic rings. The van der Waals surface area contributed by atoms with Gasteiger partial charge in [0.1, 0.15) is 13.2 Å². The average Bonchev–Trinajstić information content (AvgIpc) is 3.46. The van der Waals surface area contributed by atoms with E-state index < -0.39 is 6.10 Å². The summed E-state index contributed by atoms with van der Waals surface area (Å²) in [6.07, 6.45) is 88.1. The summed E-state index contributed by atoms with van der Waals surface area (Å²) in [7, 11) is 0. The number of esters is 3. The van der Waals surface area contributed by atoms with Crippen LogP contribution in [0.25, 0.3) is 0 Å². The first kappa shape index (κ1) is 77.1. The van der Waals surface area contributed by atoms with Gasteiger partial charge in [0.2, 0.25) is 0 Å². The molecule has 0 N–H and O–H groups in total. The molecule has 0 fully saturated rings. The number of carbonyl (C=O) groups is 3. The Morgan fingerprint density at radius 2 is 0.450 bits per heavy atom. The third-order valence-corrected chi connectivity index (χ3v) is 15.7. The van der Waals surface area contributed by atoms with E-state index >= 15 is 0 Å². The van der Waals surface area contributed by atoms with Crippen LogP contribution in [0.4, 0.5) is 0 Å². The lowest BCUT2D eigenvalue weighted by molar-refractivity contribution is -0.167. The van der Waals surface area contributed by atoms with E-state index in [-0.39, 0.29) is 31.1 Å². The Hall–Kier alpha value is -2.89.